The largest absolute Gasteiger partial charge is 0.349 e. The van der Waals surface area contributed by atoms with Gasteiger partial charge in [-0.15, -0.1) is 0 Å². The number of thioether (sulfide) groups is 1. The number of carbonyl (C=O) groups excluding carboxylic acids is 2. The number of benzene rings is 1. The van der Waals surface area contributed by atoms with E-state index in [0.29, 0.717) is 18.4 Å². The lowest BCUT2D eigenvalue weighted by molar-refractivity contribution is -0.116. The summed E-state index contributed by atoms with van der Waals surface area (Å²) >= 11 is 1.81. The molecule has 0 aliphatic carbocycles. The number of anilines is 1. The number of amides is 2. The third kappa shape index (κ3) is 3.76. The molecule has 2 N–H and O–H groups in total. The van der Waals surface area contributed by atoms with Gasteiger partial charge in [0.1, 0.15) is 0 Å². The molecule has 2 rings (SSSR count). The maximum Gasteiger partial charge on any atom is 0.251 e. The van der Waals surface area contributed by atoms with E-state index < -0.39 is 0 Å². The average Bonchev–Trinajstić information content (AvgIpc) is 2.44. The molecule has 1 aliphatic heterocycles. The van der Waals surface area contributed by atoms with Crippen molar-refractivity contribution in [2.45, 2.75) is 32.7 Å². The number of aryl methyl sites for hydroxylation is 1. The third-order valence-electron chi connectivity index (χ3n) is 3.21. The molecule has 108 valence electrons. The van der Waals surface area contributed by atoms with E-state index >= 15 is 0 Å². The highest BCUT2D eigenvalue weighted by atomic mass is 32.2. The third-order valence-corrected chi connectivity index (χ3v) is 4.36. The Bertz CT molecular complexity index is 517. The van der Waals surface area contributed by atoms with Crippen molar-refractivity contribution < 1.29 is 9.59 Å². The number of nitrogens with one attached hydrogen (secondary N) is 2. The van der Waals surface area contributed by atoms with E-state index in [-0.39, 0.29) is 17.9 Å². The Hall–Kier alpha value is -1.49. The van der Waals surface area contributed by atoms with Crippen molar-refractivity contribution in [3.63, 3.8) is 0 Å². The molecule has 0 bridgehead atoms. The van der Waals surface area contributed by atoms with E-state index in [0.717, 1.165) is 22.8 Å². The van der Waals surface area contributed by atoms with Crippen LogP contribution in [0.25, 0.3) is 0 Å². The Morgan fingerprint density at radius 2 is 2.25 bits per heavy atom. The fourth-order valence-corrected chi connectivity index (χ4v) is 2.84. The fourth-order valence-electron chi connectivity index (χ4n) is 2.17. The number of fused-ring (bicyclic) bond motifs is 1. The van der Waals surface area contributed by atoms with Crippen molar-refractivity contribution in [3.8, 4) is 0 Å². The van der Waals surface area contributed by atoms with Gasteiger partial charge in [-0.1, -0.05) is 6.92 Å². The second-order valence-corrected chi connectivity index (χ2v) is 6.27. The van der Waals surface area contributed by atoms with Crippen LogP contribution in [0.4, 0.5) is 5.69 Å². The predicted octanol–water partition coefficient (Wildman–Crippen LogP) is 2.44. The molecular weight excluding hydrogens is 272 g/mol. The Morgan fingerprint density at radius 3 is 3.00 bits per heavy atom. The summed E-state index contributed by atoms with van der Waals surface area (Å²) in [6.45, 7) is 4.12. The van der Waals surface area contributed by atoms with Crippen molar-refractivity contribution in [3.05, 3.63) is 29.3 Å². The van der Waals surface area contributed by atoms with Gasteiger partial charge in [0, 0.05) is 29.5 Å². The molecule has 1 aromatic rings. The van der Waals surface area contributed by atoms with Crippen LogP contribution in [-0.2, 0) is 11.2 Å². The van der Waals surface area contributed by atoms with Crippen LogP contribution < -0.4 is 10.6 Å². The van der Waals surface area contributed by atoms with Crippen molar-refractivity contribution in [2.75, 3.05) is 16.8 Å². The molecule has 1 atom stereocenters. The molecule has 5 heteroatoms. The number of carbonyl (C=O) groups is 2. The molecule has 0 spiro atoms. The van der Waals surface area contributed by atoms with Crippen LogP contribution in [0.5, 0.6) is 0 Å². The molecular formula is C15H20N2O2S. The predicted molar refractivity (Wildman–Crippen MR) is 83.3 cm³/mol. The summed E-state index contributed by atoms with van der Waals surface area (Å²) in [4.78, 5) is 23.5. The lowest BCUT2D eigenvalue weighted by atomic mass is 10.00. The second-order valence-electron chi connectivity index (χ2n) is 4.95. The van der Waals surface area contributed by atoms with Gasteiger partial charge < -0.3 is 10.6 Å². The van der Waals surface area contributed by atoms with E-state index in [4.69, 9.17) is 0 Å². The normalized spacial score (nSPS) is 15.2. The standard InChI is InChI=1S/C15H20N2O2S/c1-3-20-9-10(2)16-15(19)12-4-6-13-11(8-12)5-7-14(18)17-13/h4,6,8,10H,3,5,7,9H2,1-2H3,(H,16,19)(H,17,18). The summed E-state index contributed by atoms with van der Waals surface area (Å²) in [5.41, 5.74) is 2.52. The minimum absolute atomic E-state index is 0.0416. The van der Waals surface area contributed by atoms with E-state index in [2.05, 4.69) is 17.6 Å². The SMILES string of the molecule is CCSCC(C)NC(=O)c1ccc2c(c1)CCC(=O)N2. The molecule has 0 fully saturated rings. The molecule has 0 aromatic heterocycles. The van der Waals surface area contributed by atoms with Crippen LogP contribution in [0.2, 0.25) is 0 Å². The highest BCUT2D eigenvalue weighted by molar-refractivity contribution is 7.99. The topological polar surface area (TPSA) is 58.2 Å². The number of hydrogen-bond donors (Lipinski definition) is 2. The van der Waals surface area contributed by atoms with Gasteiger partial charge in [0.2, 0.25) is 5.91 Å². The summed E-state index contributed by atoms with van der Waals surface area (Å²) in [5.74, 6) is 1.97. The van der Waals surface area contributed by atoms with Gasteiger partial charge in [-0.3, -0.25) is 9.59 Å². The van der Waals surface area contributed by atoms with Gasteiger partial charge in [-0.05, 0) is 42.9 Å². The van der Waals surface area contributed by atoms with E-state index in [1.54, 1.807) is 6.07 Å². The summed E-state index contributed by atoms with van der Waals surface area (Å²) in [6.07, 6.45) is 1.19. The first-order valence-electron chi connectivity index (χ1n) is 6.91. The van der Waals surface area contributed by atoms with E-state index in [1.807, 2.05) is 30.8 Å². The smallest absolute Gasteiger partial charge is 0.251 e. The zero-order chi connectivity index (χ0) is 14.5. The lowest BCUT2D eigenvalue weighted by Gasteiger charge is -2.18. The molecule has 0 saturated carbocycles. The minimum Gasteiger partial charge on any atom is -0.349 e. The molecule has 1 aliphatic rings. The van der Waals surface area contributed by atoms with Gasteiger partial charge in [0.25, 0.3) is 5.91 Å². The van der Waals surface area contributed by atoms with Crippen LogP contribution in [0.15, 0.2) is 18.2 Å². The van der Waals surface area contributed by atoms with Gasteiger partial charge >= 0.3 is 0 Å². The summed E-state index contributed by atoms with van der Waals surface area (Å²) in [5, 5.41) is 5.82. The van der Waals surface area contributed by atoms with Gasteiger partial charge in [-0.2, -0.15) is 11.8 Å². The average molecular weight is 292 g/mol. The monoisotopic (exact) mass is 292 g/mol. The molecule has 0 saturated heterocycles. The van der Waals surface area contributed by atoms with Gasteiger partial charge in [0.15, 0.2) is 0 Å². The first kappa shape index (κ1) is 14.9. The van der Waals surface area contributed by atoms with Crippen LogP contribution >= 0.6 is 11.8 Å². The van der Waals surface area contributed by atoms with Crippen molar-refractivity contribution >= 4 is 29.3 Å². The first-order valence-corrected chi connectivity index (χ1v) is 8.07. The Balaban J connectivity index is 2.02. The van der Waals surface area contributed by atoms with Crippen molar-refractivity contribution in [1.82, 2.24) is 5.32 Å². The number of hydrogen-bond acceptors (Lipinski definition) is 3. The minimum atomic E-state index is -0.0473. The van der Waals surface area contributed by atoms with Crippen molar-refractivity contribution in [2.24, 2.45) is 0 Å². The fraction of sp³-hybridized carbons (Fsp3) is 0.467. The van der Waals surface area contributed by atoms with E-state index in [9.17, 15) is 9.59 Å². The maximum atomic E-state index is 12.2. The van der Waals surface area contributed by atoms with Crippen LogP contribution in [0.3, 0.4) is 0 Å². The highest BCUT2D eigenvalue weighted by Crippen LogP contribution is 2.23. The number of rotatable bonds is 5. The Morgan fingerprint density at radius 1 is 1.45 bits per heavy atom. The van der Waals surface area contributed by atoms with Crippen LogP contribution in [0.1, 0.15) is 36.2 Å². The Labute approximate surface area is 123 Å². The summed E-state index contributed by atoms with van der Waals surface area (Å²) in [7, 11) is 0. The van der Waals surface area contributed by atoms with Crippen molar-refractivity contribution in [1.29, 1.82) is 0 Å². The van der Waals surface area contributed by atoms with Crippen LogP contribution in [0, 0.1) is 0 Å². The van der Waals surface area contributed by atoms with Gasteiger partial charge in [0.05, 0.1) is 0 Å². The summed E-state index contributed by atoms with van der Waals surface area (Å²) in [6, 6.07) is 5.61. The molecule has 20 heavy (non-hydrogen) atoms. The lowest BCUT2D eigenvalue weighted by Crippen LogP contribution is -2.34. The quantitative estimate of drug-likeness (QED) is 0.876. The molecule has 0 radical (unpaired) electrons. The molecule has 2 amide bonds. The zero-order valence-electron chi connectivity index (χ0n) is 11.9. The molecule has 4 nitrogen and oxygen atoms in total. The van der Waals surface area contributed by atoms with Crippen LogP contribution in [-0.4, -0.2) is 29.4 Å². The first-order chi connectivity index (χ1) is 9.60. The maximum absolute atomic E-state index is 12.2. The van der Waals surface area contributed by atoms with E-state index in [1.165, 1.54) is 0 Å². The summed E-state index contributed by atoms with van der Waals surface area (Å²) < 4.78 is 0. The zero-order valence-corrected chi connectivity index (χ0v) is 12.7. The molecule has 1 aromatic carbocycles. The molecule has 1 unspecified atom stereocenters. The molecule has 1 heterocycles. The van der Waals surface area contributed by atoms with Gasteiger partial charge in [-0.25, -0.2) is 0 Å². The Kier molecular flexibility index (Phi) is 5.06. The second kappa shape index (κ2) is 6.79. The highest BCUT2D eigenvalue weighted by Gasteiger charge is 2.17.